The van der Waals surface area contributed by atoms with Crippen molar-refractivity contribution < 1.29 is 17.9 Å². The van der Waals surface area contributed by atoms with Gasteiger partial charge in [0.05, 0.1) is 17.6 Å². The van der Waals surface area contributed by atoms with Crippen LogP contribution in [0, 0.1) is 0 Å². The summed E-state index contributed by atoms with van der Waals surface area (Å²) in [6.45, 7) is 4.61. The first-order valence-corrected chi connectivity index (χ1v) is 9.43. The minimum absolute atomic E-state index is 0.00390. The van der Waals surface area contributed by atoms with E-state index in [-0.39, 0.29) is 16.9 Å². The molecule has 2 saturated heterocycles. The molecule has 2 aliphatic heterocycles. The lowest BCUT2D eigenvalue weighted by Gasteiger charge is -2.31. The number of hydrogen-bond acceptors (Lipinski definition) is 4. The Morgan fingerprint density at radius 1 is 1.22 bits per heavy atom. The molecule has 23 heavy (non-hydrogen) atoms. The standard InChI is InChI=1S/C16H22N2O4S/c1-13-12-17(9-10-22-13)16(19)14-5-4-6-15(11-14)23(20,21)18-7-2-3-8-18/h4-6,11,13H,2-3,7-10,12H2,1H3/t13-/m0/s1. The van der Waals surface area contributed by atoms with Gasteiger partial charge in [0, 0.05) is 31.7 Å². The summed E-state index contributed by atoms with van der Waals surface area (Å²) in [5.41, 5.74) is 0.416. The highest BCUT2D eigenvalue weighted by atomic mass is 32.2. The molecule has 2 heterocycles. The maximum atomic E-state index is 12.6. The van der Waals surface area contributed by atoms with E-state index in [2.05, 4.69) is 0 Å². The molecule has 0 saturated carbocycles. The summed E-state index contributed by atoms with van der Waals surface area (Å²) in [5.74, 6) is -0.140. The summed E-state index contributed by atoms with van der Waals surface area (Å²) in [6, 6.07) is 6.37. The van der Waals surface area contributed by atoms with Gasteiger partial charge in [-0.25, -0.2) is 8.42 Å². The van der Waals surface area contributed by atoms with Crippen LogP contribution >= 0.6 is 0 Å². The number of morpholine rings is 1. The van der Waals surface area contributed by atoms with Crippen LogP contribution in [0.1, 0.15) is 30.1 Å². The lowest BCUT2D eigenvalue weighted by molar-refractivity contribution is -0.0124. The Balaban J connectivity index is 1.83. The van der Waals surface area contributed by atoms with Gasteiger partial charge in [-0.15, -0.1) is 0 Å². The fraction of sp³-hybridized carbons (Fsp3) is 0.562. The van der Waals surface area contributed by atoms with Gasteiger partial charge in [0.25, 0.3) is 5.91 Å². The van der Waals surface area contributed by atoms with Gasteiger partial charge in [-0.05, 0) is 38.0 Å². The van der Waals surface area contributed by atoms with Crippen molar-refractivity contribution in [3.63, 3.8) is 0 Å². The van der Waals surface area contributed by atoms with Gasteiger partial charge in [0.1, 0.15) is 0 Å². The van der Waals surface area contributed by atoms with Crippen LogP contribution in [0.2, 0.25) is 0 Å². The Labute approximate surface area is 137 Å². The van der Waals surface area contributed by atoms with Crippen molar-refractivity contribution in [1.29, 1.82) is 0 Å². The number of sulfonamides is 1. The van der Waals surface area contributed by atoms with Crippen molar-refractivity contribution in [3.8, 4) is 0 Å². The van der Waals surface area contributed by atoms with E-state index in [1.807, 2.05) is 6.92 Å². The number of ether oxygens (including phenoxy) is 1. The summed E-state index contributed by atoms with van der Waals surface area (Å²) >= 11 is 0. The zero-order valence-electron chi connectivity index (χ0n) is 13.3. The predicted octanol–water partition coefficient (Wildman–Crippen LogP) is 1.33. The summed E-state index contributed by atoms with van der Waals surface area (Å²) in [6.07, 6.45) is 1.79. The van der Waals surface area contributed by atoms with Crippen molar-refractivity contribution >= 4 is 15.9 Å². The second-order valence-corrected chi connectivity index (χ2v) is 8.01. The molecule has 1 atom stereocenters. The highest BCUT2D eigenvalue weighted by Crippen LogP contribution is 2.22. The van der Waals surface area contributed by atoms with Crippen LogP contribution in [0.25, 0.3) is 0 Å². The number of carbonyl (C=O) groups excluding carboxylic acids is 1. The summed E-state index contributed by atoms with van der Waals surface area (Å²) < 4.78 is 32.2. The molecule has 2 aliphatic rings. The van der Waals surface area contributed by atoms with Crippen molar-refractivity contribution in [3.05, 3.63) is 29.8 Å². The SMILES string of the molecule is C[C@H]1CN(C(=O)c2cccc(S(=O)(=O)N3CCCC3)c2)CCO1. The Kier molecular flexibility index (Phi) is 4.70. The summed E-state index contributed by atoms with van der Waals surface area (Å²) in [4.78, 5) is 14.5. The topological polar surface area (TPSA) is 66.9 Å². The van der Waals surface area contributed by atoms with Gasteiger partial charge in [0.2, 0.25) is 10.0 Å². The molecule has 0 aliphatic carbocycles. The lowest BCUT2D eigenvalue weighted by atomic mass is 10.2. The molecule has 0 radical (unpaired) electrons. The van der Waals surface area contributed by atoms with Gasteiger partial charge < -0.3 is 9.64 Å². The van der Waals surface area contributed by atoms with Crippen molar-refractivity contribution in [1.82, 2.24) is 9.21 Å². The Morgan fingerprint density at radius 3 is 2.65 bits per heavy atom. The molecular formula is C16H22N2O4S. The smallest absolute Gasteiger partial charge is 0.254 e. The summed E-state index contributed by atoms with van der Waals surface area (Å²) in [5, 5.41) is 0. The van der Waals surface area contributed by atoms with Crippen LogP contribution in [-0.4, -0.2) is 62.4 Å². The zero-order chi connectivity index (χ0) is 16.4. The van der Waals surface area contributed by atoms with E-state index in [9.17, 15) is 13.2 Å². The molecule has 0 unspecified atom stereocenters. The van der Waals surface area contributed by atoms with E-state index in [4.69, 9.17) is 4.74 Å². The van der Waals surface area contributed by atoms with Gasteiger partial charge in [0.15, 0.2) is 0 Å². The van der Waals surface area contributed by atoms with Crippen LogP contribution in [0.4, 0.5) is 0 Å². The molecule has 2 fully saturated rings. The normalized spacial score (nSPS) is 23.2. The fourth-order valence-corrected chi connectivity index (χ4v) is 4.62. The number of amides is 1. The Hall–Kier alpha value is -1.44. The molecular weight excluding hydrogens is 316 g/mol. The average molecular weight is 338 g/mol. The van der Waals surface area contributed by atoms with Gasteiger partial charge >= 0.3 is 0 Å². The first kappa shape index (κ1) is 16.4. The molecule has 1 aromatic carbocycles. The van der Waals surface area contributed by atoms with E-state index in [0.717, 1.165) is 12.8 Å². The van der Waals surface area contributed by atoms with Gasteiger partial charge in [-0.3, -0.25) is 4.79 Å². The third-order valence-corrected chi connectivity index (χ3v) is 6.21. The van der Waals surface area contributed by atoms with E-state index in [1.54, 1.807) is 23.1 Å². The molecule has 0 spiro atoms. The Bertz CT molecular complexity index is 683. The second-order valence-electron chi connectivity index (χ2n) is 6.07. The van der Waals surface area contributed by atoms with Crippen LogP contribution in [0.5, 0.6) is 0 Å². The largest absolute Gasteiger partial charge is 0.375 e. The van der Waals surface area contributed by atoms with E-state index in [0.29, 0.717) is 38.3 Å². The first-order chi connectivity index (χ1) is 11.0. The van der Waals surface area contributed by atoms with Crippen LogP contribution in [-0.2, 0) is 14.8 Å². The third-order valence-electron chi connectivity index (χ3n) is 4.31. The average Bonchev–Trinajstić information content (AvgIpc) is 3.09. The maximum Gasteiger partial charge on any atom is 0.254 e. The quantitative estimate of drug-likeness (QED) is 0.834. The molecule has 0 N–H and O–H groups in total. The van der Waals surface area contributed by atoms with E-state index < -0.39 is 10.0 Å². The van der Waals surface area contributed by atoms with Crippen LogP contribution in [0.3, 0.4) is 0 Å². The molecule has 6 nitrogen and oxygen atoms in total. The Morgan fingerprint density at radius 2 is 1.96 bits per heavy atom. The van der Waals surface area contributed by atoms with Crippen molar-refractivity contribution in [2.75, 3.05) is 32.8 Å². The predicted molar refractivity (Wildman–Crippen MR) is 85.8 cm³/mol. The maximum absolute atomic E-state index is 12.6. The van der Waals surface area contributed by atoms with Crippen molar-refractivity contribution in [2.24, 2.45) is 0 Å². The molecule has 7 heteroatoms. The second kappa shape index (κ2) is 6.59. The van der Waals surface area contributed by atoms with Gasteiger partial charge in [-0.2, -0.15) is 4.31 Å². The fourth-order valence-electron chi connectivity index (χ4n) is 3.05. The number of rotatable bonds is 3. The number of carbonyl (C=O) groups is 1. The van der Waals surface area contributed by atoms with Crippen molar-refractivity contribution in [2.45, 2.75) is 30.8 Å². The van der Waals surface area contributed by atoms with Crippen LogP contribution < -0.4 is 0 Å². The molecule has 126 valence electrons. The minimum atomic E-state index is -3.50. The van der Waals surface area contributed by atoms with E-state index in [1.165, 1.54) is 10.4 Å². The molecule has 0 aromatic heterocycles. The van der Waals surface area contributed by atoms with E-state index >= 15 is 0 Å². The monoisotopic (exact) mass is 338 g/mol. The first-order valence-electron chi connectivity index (χ1n) is 7.99. The zero-order valence-corrected chi connectivity index (χ0v) is 14.1. The summed E-state index contributed by atoms with van der Waals surface area (Å²) in [7, 11) is -3.50. The molecule has 1 aromatic rings. The third kappa shape index (κ3) is 3.41. The molecule has 1 amide bonds. The molecule has 0 bridgehead atoms. The minimum Gasteiger partial charge on any atom is -0.375 e. The number of nitrogens with zero attached hydrogens (tertiary/aromatic N) is 2. The highest BCUT2D eigenvalue weighted by Gasteiger charge is 2.28. The van der Waals surface area contributed by atoms with Gasteiger partial charge in [-0.1, -0.05) is 6.07 Å². The lowest BCUT2D eigenvalue weighted by Crippen LogP contribution is -2.44. The number of hydrogen-bond donors (Lipinski definition) is 0. The highest BCUT2D eigenvalue weighted by molar-refractivity contribution is 7.89. The number of benzene rings is 1. The molecule has 3 rings (SSSR count). The van der Waals surface area contributed by atoms with Crippen LogP contribution in [0.15, 0.2) is 29.2 Å².